The number of aromatic nitrogens is 2. The van der Waals surface area contributed by atoms with Gasteiger partial charge in [-0.15, -0.1) is 0 Å². The maximum Gasteiger partial charge on any atom is 0.433 e. The average molecular weight is 288 g/mol. The van der Waals surface area contributed by atoms with Gasteiger partial charge in [-0.3, -0.25) is 0 Å². The van der Waals surface area contributed by atoms with Crippen molar-refractivity contribution in [2.24, 2.45) is 11.8 Å². The molecular formula is C13H19F3N4. The topological polar surface area (TPSA) is 41.1 Å². The number of alkyl halides is 3. The van der Waals surface area contributed by atoms with E-state index in [2.05, 4.69) is 29.1 Å². The predicted molar refractivity (Wildman–Crippen MR) is 71.7 cm³/mol. The van der Waals surface area contributed by atoms with Crippen LogP contribution in [0, 0.1) is 11.8 Å². The highest BCUT2D eigenvalue weighted by Gasteiger charge is 2.35. The smallest absolute Gasteiger partial charge is 0.357 e. The van der Waals surface area contributed by atoms with Gasteiger partial charge in [-0.05, 0) is 18.3 Å². The number of nitrogens with zero attached hydrogens (tertiary/aromatic N) is 3. The molecule has 4 nitrogen and oxygen atoms in total. The number of anilines is 2. The van der Waals surface area contributed by atoms with Crippen LogP contribution in [0.4, 0.5) is 24.9 Å². The van der Waals surface area contributed by atoms with E-state index in [0.717, 1.165) is 25.6 Å². The summed E-state index contributed by atoms with van der Waals surface area (Å²) in [5.74, 6) is 1.37. The molecule has 1 N–H and O–H groups in total. The van der Waals surface area contributed by atoms with Crippen LogP contribution in [0.1, 0.15) is 26.0 Å². The molecule has 1 aromatic rings. The summed E-state index contributed by atoms with van der Waals surface area (Å²) < 4.78 is 38.5. The monoisotopic (exact) mass is 288 g/mol. The largest absolute Gasteiger partial charge is 0.433 e. The van der Waals surface area contributed by atoms with Gasteiger partial charge < -0.3 is 10.2 Å². The Hall–Kier alpha value is -1.53. The van der Waals surface area contributed by atoms with Gasteiger partial charge in [0.05, 0.1) is 0 Å². The van der Waals surface area contributed by atoms with E-state index >= 15 is 0 Å². The Morgan fingerprint density at radius 1 is 1.35 bits per heavy atom. The Kier molecular flexibility index (Phi) is 4.06. The summed E-state index contributed by atoms with van der Waals surface area (Å²) in [6.45, 7) is 5.75. The van der Waals surface area contributed by atoms with Gasteiger partial charge in [-0.1, -0.05) is 13.8 Å². The van der Waals surface area contributed by atoms with Crippen LogP contribution < -0.4 is 10.2 Å². The first-order valence-electron chi connectivity index (χ1n) is 6.70. The van der Waals surface area contributed by atoms with Gasteiger partial charge in [0.15, 0.2) is 5.69 Å². The molecule has 0 bridgehead atoms. The Morgan fingerprint density at radius 2 is 2.05 bits per heavy atom. The lowest BCUT2D eigenvalue weighted by Crippen LogP contribution is -2.24. The van der Waals surface area contributed by atoms with Crippen molar-refractivity contribution < 1.29 is 13.2 Å². The zero-order chi connectivity index (χ0) is 14.9. The first-order chi connectivity index (χ1) is 9.31. The molecule has 1 atom stereocenters. The highest BCUT2D eigenvalue weighted by atomic mass is 19.4. The highest BCUT2D eigenvalue weighted by Crippen LogP contribution is 2.33. The van der Waals surface area contributed by atoms with Gasteiger partial charge in [0, 0.05) is 26.2 Å². The molecule has 0 radical (unpaired) electrons. The summed E-state index contributed by atoms with van der Waals surface area (Å²) in [6.07, 6.45) is -3.47. The second kappa shape index (κ2) is 5.46. The SMILES string of the molecule is CNc1nc(N2CCC(C(C)C)C2)cc(C(F)(F)F)n1. The lowest BCUT2D eigenvalue weighted by Gasteiger charge is -2.20. The van der Waals surface area contributed by atoms with Gasteiger partial charge >= 0.3 is 6.18 Å². The van der Waals surface area contributed by atoms with Crippen LogP contribution in [0.25, 0.3) is 0 Å². The van der Waals surface area contributed by atoms with Crippen molar-refractivity contribution >= 4 is 11.8 Å². The number of hydrogen-bond acceptors (Lipinski definition) is 4. The van der Waals surface area contributed by atoms with Crippen molar-refractivity contribution in [2.45, 2.75) is 26.4 Å². The van der Waals surface area contributed by atoms with Crippen LogP contribution in [0.5, 0.6) is 0 Å². The maximum atomic E-state index is 12.8. The van der Waals surface area contributed by atoms with Crippen LogP contribution >= 0.6 is 0 Å². The van der Waals surface area contributed by atoms with Crippen molar-refractivity contribution in [3.05, 3.63) is 11.8 Å². The van der Waals surface area contributed by atoms with Crippen molar-refractivity contribution in [2.75, 3.05) is 30.4 Å². The minimum Gasteiger partial charge on any atom is -0.357 e. The quantitative estimate of drug-likeness (QED) is 0.928. The lowest BCUT2D eigenvalue weighted by molar-refractivity contribution is -0.141. The number of nitrogens with one attached hydrogen (secondary N) is 1. The zero-order valence-electron chi connectivity index (χ0n) is 11.8. The van der Waals surface area contributed by atoms with E-state index in [1.807, 2.05) is 4.90 Å². The van der Waals surface area contributed by atoms with Crippen LogP contribution in [0.3, 0.4) is 0 Å². The maximum absolute atomic E-state index is 12.8. The van der Waals surface area contributed by atoms with E-state index in [9.17, 15) is 13.2 Å². The van der Waals surface area contributed by atoms with Crippen molar-refractivity contribution in [1.29, 1.82) is 0 Å². The molecule has 1 aromatic heterocycles. The first kappa shape index (κ1) is 14.9. The minimum absolute atomic E-state index is 0.00261. The summed E-state index contributed by atoms with van der Waals surface area (Å²) in [4.78, 5) is 9.52. The lowest BCUT2D eigenvalue weighted by atomic mass is 9.95. The van der Waals surface area contributed by atoms with E-state index in [1.54, 1.807) is 0 Å². The van der Waals surface area contributed by atoms with E-state index in [-0.39, 0.29) is 5.95 Å². The van der Waals surface area contributed by atoms with Crippen molar-refractivity contribution in [3.63, 3.8) is 0 Å². The van der Waals surface area contributed by atoms with E-state index in [1.165, 1.54) is 7.05 Å². The van der Waals surface area contributed by atoms with Crippen LogP contribution in [0.15, 0.2) is 6.07 Å². The molecule has 0 saturated carbocycles. The van der Waals surface area contributed by atoms with Crippen molar-refractivity contribution in [3.8, 4) is 0 Å². The fourth-order valence-electron chi connectivity index (χ4n) is 2.39. The molecule has 112 valence electrons. The summed E-state index contributed by atoms with van der Waals surface area (Å²) in [7, 11) is 1.51. The summed E-state index contributed by atoms with van der Waals surface area (Å²) in [6, 6.07) is 1.03. The molecule has 0 aromatic carbocycles. The van der Waals surface area contributed by atoms with Gasteiger partial charge in [-0.2, -0.15) is 18.2 Å². The molecule has 1 aliphatic heterocycles. The van der Waals surface area contributed by atoms with Gasteiger partial charge in [0.25, 0.3) is 0 Å². The molecule has 0 aliphatic carbocycles. The second-order valence-electron chi connectivity index (χ2n) is 5.42. The van der Waals surface area contributed by atoms with Gasteiger partial charge in [-0.25, -0.2) is 4.98 Å². The third-order valence-electron chi connectivity index (χ3n) is 3.72. The number of hydrogen-bond donors (Lipinski definition) is 1. The van der Waals surface area contributed by atoms with Gasteiger partial charge in [0.1, 0.15) is 5.82 Å². The van der Waals surface area contributed by atoms with E-state index in [0.29, 0.717) is 17.7 Å². The number of rotatable bonds is 3. The molecular weight excluding hydrogens is 269 g/mol. The van der Waals surface area contributed by atoms with Gasteiger partial charge in [0.2, 0.25) is 5.95 Å². The standard InChI is InChI=1S/C13H19F3N4/c1-8(2)9-4-5-20(7-9)11-6-10(13(14,15)16)18-12(17-3)19-11/h6,8-9H,4-5,7H2,1-3H3,(H,17,18,19). The molecule has 0 amide bonds. The van der Waals surface area contributed by atoms with Crippen LogP contribution in [0.2, 0.25) is 0 Å². The third-order valence-corrected chi connectivity index (χ3v) is 3.72. The fraction of sp³-hybridized carbons (Fsp3) is 0.692. The van der Waals surface area contributed by atoms with E-state index in [4.69, 9.17) is 0 Å². The van der Waals surface area contributed by atoms with Crippen molar-refractivity contribution in [1.82, 2.24) is 9.97 Å². The molecule has 1 aliphatic rings. The molecule has 2 rings (SSSR count). The Balaban J connectivity index is 2.28. The molecule has 1 unspecified atom stereocenters. The molecule has 20 heavy (non-hydrogen) atoms. The third kappa shape index (κ3) is 3.13. The first-order valence-corrected chi connectivity index (χ1v) is 6.70. The summed E-state index contributed by atoms with van der Waals surface area (Å²) >= 11 is 0. The Morgan fingerprint density at radius 3 is 2.55 bits per heavy atom. The molecule has 2 heterocycles. The molecule has 0 spiro atoms. The Bertz CT molecular complexity index is 473. The Labute approximate surface area is 116 Å². The fourth-order valence-corrected chi connectivity index (χ4v) is 2.39. The molecule has 7 heteroatoms. The normalized spacial score (nSPS) is 19.8. The molecule has 1 saturated heterocycles. The average Bonchev–Trinajstić information content (AvgIpc) is 2.87. The second-order valence-corrected chi connectivity index (χ2v) is 5.42. The summed E-state index contributed by atoms with van der Waals surface area (Å²) in [5.41, 5.74) is -0.903. The minimum atomic E-state index is -4.46. The summed E-state index contributed by atoms with van der Waals surface area (Å²) in [5, 5.41) is 2.59. The molecule has 1 fully saturated rings. The highest BCUT2D eigenvalue weighted by molar-refractivity contribution is 5.46. The van der Waals surface area contributed by atoms with Crippen LogP contribution in [-0.4, -0.2) is 30.1 Å². The zero-order valence-corrected chi connectivity index (χ0v) is 11.8. The van der Waals surface area contributed by atoms with E-state index < -0.39 is 11.9 Å². The van der Waals surface area contributed by atoms with Crippen LogP contribution in [-0.2, 0) is 6.18 Å². The predicted octanol–water partition coefficient (Wildman–Crippen LogP) is 3.02. The number of halogens is 3.